The summed E-state index contributed by atoms with van der Waals surface area (Å²) < 4.78 is 54.2. The first-order valence-electron chi connectivity index (χ1n) is 7.86. The Kier molecular flexibility index (Phi) is 4.64. The van der Waals surface area contributed by atoms with Gasteiger partial charge in [0.2, 0.25) is 5.72 Å². The van der Waals surface area contributed by atoms with Gasteiger partial charge in [0.1, 0.15) is 11.7 Å². The maximum absolute atomic E-state index is 13.7. The Labute approximate surface area is 151 Å². The average Bonchev–Trinajstić information content (AvgIpc) is 2.61. The standard InChI is InChI=1S/C18H14F4N2O3/c19-12-8-6-10(7-9-12)14-13(15(25)11-4-2-1-3-5-11)17(27,18(20,21)22)24-16(26)23-14/h1-9,13-14,27H,(H2,23,24,26)/t13-,14+,17+/m1/s1. The number of hydrogen-bond acceptors (Lipinski definition) is 3. The van der Waals surface area contributed by atoms with Crippen LogP contribution in [-0.2, 0) is 0 Å². The lowest BCUT2D eigenvalue weighted by Crippen LogP contribution is -2.72. The molecule has 2 aromatic carbocycles. The van der Waals surface area contributed by atoms with Crippen LogP contribution in [0.15, 0.2) is 54.6 Å². The molecule has 1 aliphatic rings. The zero-order chi connectivity index (χ0) is 19.8. The van der Waals surface area contributed by atoms with Crippen LogP contribution in [0.2, 0.25) is 0 Å². The lowest BCUT2D eigenvalue weighted by atomic mass is 9.77. The molecule has 0 saturated carbocycles. The van der Waals surface area contributed by atoms with E-state index in [0.717, 1.165) is 24.3 Å². The van der Waals surface area contributed by atoms with Crippen molar-refractivity contribution in [2.75, 3.05) is 0 Å². The van der Waals surface area contributed by atoms with E-state index in [4.69, 9.17) is 0 Å². The van der Waals surface area contributed by atoms with Gasteiger partial charge in [-0.2, -0.15) is 13.2 Å². The molecule has 3 atom stereocenters. The second-order valence-electron chi connectivity index (χ2n) is 6.10. The number of urea groups is 1. The van der Waals surface area contributed by atoms with E-state index >= 15 is 0 Å². The van der Waals surface area contributed by atoms with E-state index in [0.29, 0.717) is 0 Å². The number of carbonyl (C=O) groups is 2. The third-order valence-corrected chi connectivity index (χ3v) is 4.38. The second kappa shape index (κ2) is 6.66. The summed E-state index contributed by atoms with van der Waals surface area (Å²) in [6, 6.07) is 8.53. The molecule has 3 N–H and O–H groups in total. The molecule has 0 bridgehead atoms. The highest BCUT2D eigenvalue weighted by molar-refractivity contribution is 6.00. The largest absolute Gasteiger partial charge is 0.437 e. The van der Waals surface area contributed by atoms with Gasteiger partial charge < -0.3 is 15.7 Å². The summed E-state index contributed by atoms with van der Waals surface area (Å²) in [5, 5.41) is 14.0. The number of aliphatic hydroxyl groups is 1. The van der Waals surface area contributed by atoms with Crippen molar-refractivity contribution >= 4 is 11.8 Å². The summed E-state index contributed by atoms with van der Waals surface area (Å²) in [5.74, 6) is -3.81. The molecule has 9 heteroatoms. The van der Waals surface area contributed by atoms with Gasteiger partial charge in [-0.25, -0.2) is 9.18 Å². The molecule has 1 fully saturated rings. The van der Waals surface area contributed by atoms with E-state index in [1.54, 1.807) is 6.07 Å². The number of rotatable bonds is 3. The van der Waals surface area contributed by atoms with Crippen LogP contribution in [0.25, 0.3) is 0 Å². The Morgan fingerprint density at radius 2 is 1.63 bits per heavy atom. The van der Waals surface area contributed by atoms with Gasteiger partial charge in [0, 0.05) is 5.56 Å². The second-order valence-corrected chi connectivity index (χ2v) is 6.10. The summed E-state index contributed by atoms with van der Waals surface area (Å²) in [6.07, 6.45) is -5.34. The molecular weight excluding hydrogens is 368 g/mol. The van der Waals surface area contributed by atoms with Crippen molar-refractivity contribution in [1.29, 1.82) is 0 Å². The van der Waals surface area contributed by atoms with Crippen LogP contribution in [0.5, 0.6) is 0 Å². The predicted octanol–water partition coefficient (Wildman–Crippen LogP) is 2.93. The first kappa shape index (κ1) is 18.8. The van der Waals surface area contributed by atoms with E-state index in [-0.39, 0.29) is 11.1 Å². The van der Waals surface area contributed by atoms with Crippen LogP contribution < -0.4 is 10.6 Å². The van der Waals surface area contributed by atoms with Crippen molar-refractivity contribution < 1.29 is 32.3 Å². The number of nitrogens with one attached hydrogen (secondary N) is 2. The van der Waals surface area contributed by atoms with Crippen molar-refractivity contribution in [3.63, 3.8) is 0 Å². The van der Waals surface area contributed by atoms with Crippen LogP contribution in [0.4, 0.5) is 22.4 Å². The molecule has 3 rings (SSSR count). The van der Waals surface area contributed by atoms with Gasteiger partial charge in [0.25, 0.3) is 0 Å². The maximum atomic E-state index is 13.7. The molecule has 1 aliphatic heterocycles. The maximum Gasteiger partial charge on any atom is 0.437 e. The highest BCUT2D eigenvalue weighted by atomic mass is 19.4. The number of carbonyl (C=O) groups excluding carboxylic acids is 2. The molecule has 142 valence electrons. The lowest BCUT2D eigenvalue weighted by molar-refractivity contribution is -0.287. The Morgan fingerprint density at radius 1 is 1.04 bits per heavy atom. The number of halogens is 4. The van der Waals surface area contributed by atoms with Gasteiger partial charge in [-0.15, -0.1) is 0 Å². The summed E-state index contributed by atoms with van der Waals surface area (Å²) in [5.41, 5.74) is -3.83. The van der Waals surface area contributed by atoms with Gasteiger partial charge in [-0.05, 0) is 17.7 Å². The first-order valence-corrected chi connectivity index (χ1v) is 7.86. The van der Waals surface area contributed by atoms with Crippen LogP contribution >= 0.6 is 0 Å². The molecule has 27 heavy (non-hydrogen) atoms. The van der Waals surface area contributed by atoms with E-state index in [9.17, 15) is 32.3 Å². The van der Waals surface area contributed by atoms with E-state index in [1.807, 2.05) is 0 Å². The van der Waals surface area contributed by atoms with E-state index in [2.05, 4.69) is 5.32 Å². The summed E-state index contributed by atoms with van der Waals surface area (Å²) in [7, 11) is 0. The minimum atomic E-state index is -5.34. The normalized spacial score (nSPS) is 25.4. The van der Waals surface area contributed by atoms with Gasteiger partial charge in [-0.1, -0.05) is 42.5 Å². The molecule has 1 heterocycles. The van der Waals surface area contributed by atoms with E-state index < -0.39 is 41.5 Å². The average molecular weight is 382 g/mol. The predicted molar refractivity (Wildman–Crippen MR) is 86.1 cm³/mol. The number of Topliss-reactive ketones (excluding diaryl/α,β-unsaturated/α-hetero) is 1. The number of alkyl halides is 3. The fraction of sp³-hybridized carbons (Fsp3) is 0.222. The number of hydrogen-bond donors (Lipinski definition) is 3. The molecule has 2 amide bonds. The van der Waals surface area contributed by atoms with Gasteiger partial charge in [0.05, 0.1) is 6.04 Å². The molecule has 0 aliphatic carbocycles. The monoisotopic (exact) mass is 382 g/mol. The van der Waals surface area contributed by atoms with Crippen molar-refractivity contribution in [1.82, 2.24) is 10.6 Å². The first-order chi connectivity index (χ1) is 12.6. The van der Waals surface area contributed by atoms with E-state index in [1.165, 1.54) is 29.6 Å². The van der Waals surface area contributed by atoms with Gasteiger partial charge in [-0.3, -0.25) is 4.79 Å². The minimum absolute atomic E-state index is 0.0446. The van der Waals surface area contributed by atoms with Gasteiger partial charge >= 0.3 is 12.2 Å². The molecule has 0 aromatic heterocycles. The Bertz CT molecular complexity index is 855. The third kappa shape index (κ3) is 3.37. The van der Waals surface area contributed by atoms with Crippen molar-refractivity contribution in [2.24, 2.45) is 5.92 Å². The Hall–Kier alpha value is -2.94. The van der Waals surface area contributed by atoms with Crippen molar-refractivity contribution in [3.05, 3.63) is 71.5 Å². The third-order valence-electron chi connectivity index (χ3n) is 4.38. The molecule has 0 radical (unpaired) electrons. The highest BCUT2D eigenvalue weighted by Crippen LogP contribution is 2.43. The molecule has 0 unspecified atom stereocenters. The minimum Gasteiger partial charge on any atom is -0.363 e. The highest BCUT2D eigenvalue weighted by Gasteiger charge is 2.66. The fourth-order valence-electron chi connectivity index (χ4n) is 3.07. The summed E-state index contributed by atoms with van der Waals surface area (Å²) in [6.45, 7) is 0. The van der Waals surface area contributed by atoms with Crippen LogP contribution in [0.1, 0.15) is 22.0 Å². The molecule has 1 saturated heterocycles. The van der Waals surface area contributed by atoms with Crippen molar-refractivity contribution in [3.8, 4) is 0 Å². The smallest absolute Gasteiger partial charge is 0.363 e. The molecule has 0 spiro atoms. The number of ketones is 1. The quantitative estimate of drug-likeness (QED) is 0.564. The fourth-order valence-corrected chi connectivity index (χ4v) is 3.07. The zero-order valence-corrected chi connectivity index (χ0v) is 13.6. The van der Waals surface area contributed by atoms with Crippen LogP contribution in [0, 0.1) is 11.7 Å². The molecule has 5 nitrogen and oxygen atoms in total. The van der Waals surface area contributed by atoms with Crippen LogP contribution in [-0.4, -0.2) is 28.8 Å². The Morgan fingerprint density at radius 3 is 2.19 bits per heavy atom. The van der Waals surface area contributed by atoms with Crippen molar-refractivity contribution in [2.45, 2.75) is 17.9 Å². The number of amides is 2. The summed E-state index contributed by atoms with van der Waals surface area (Å²) in [4.78, 5) is 24.7. The zero-order valence-electron chi connectivity index (χ0n) is 13.6. The van der Waals surface area contributed by atoms with Gasteiger partial charge in [0.15, 0.2) is 5.78 Å². The topological polar surface area (TPSA) is 78.4 Å². The summed E-state index contributed by atoms with van der Waals surface area (Å²) >= 11 is 0. The molecule has 2 aromatic rings. The SMILES string of the molecule is O=C1N[C@@H](c2ccc(F)cc2)[C@H](C(=O)c2ccccc2)[C@](O)(C(F)(F)F)N1. The lowest BCUT2D eigenvalue weighted by Gasteiger charge is -2.45. The number of benzene rings is 2. The Balaban J connectivity index is 2.15. The molecular formula is C18H14F4N2O3. The van der Waals surface area contributed by atoms with Crippen LogP contribution in [0.3, 0.4) is 0 Å².